The normalized spacial score (nSPS) is 14.4. The van der Waals surface area contributed by atoms with Gasteiger partial charge in [0.15, 0.2) is 0 Å². The van der Waals surface area contributed by atoms with E-state index in [0.717, 1.165) is 47.9 Å². The molecule has 23 heavy (non-hydrogen) atoms. The first-order valence-electron chi connectivity index (χ1n) is 8.59. The van der Waals surface area contributed by atoms with E-state index in [4.69, 9.17) is 9.47 Å². The number of hydrogen-bond donors (Lipinski definition) is 1. The van der Waals surface area contributed by atoms with Crippen LogP contribution in [0.2, 0.25) is 0 Å². The number of ether oxygens (including phenoxy) is 2. The van der Waals surface area contributed by atoms with Crippen LogP contribution in [0.1, 0.15) is 51.3 Å². The zero-order chi connectivity index (χ0) is 17.6. The second-order valence-electron chi connectivity index (χ2n) is 6.91. The van der Waals surface area contributed by atoms with Crippen molar-refractivity contribution in [2.24, 2.45) is 5.92 Å². The van der Waals surface area contributed by atoms with E-state index in [1.807, 2.05) is 34.6 Å². The van der Waals surface area contributed by atoms with Crippen molar-refractivity contribution in [2.45, 2.75) is 54.1 Å². The summed E-state index contributed by atoms with van der Waals surface area (Å²) in [6.07, 6.45) is 0. The second kappa shape index (κ2) is 8.39. The molecule has 3 nitrogen and oxygen atoms in total. The van der Waals surface area contributed by atoms with Gasteiger partial charge in [-0.25, -0.2) is 0 Å². The molecule has 2 rings (SSSR count). The fourth-order valence-electron chi connectivity index (χ4n) is 2.34. The number of aryl methyl sites for hydroxylation is 2. The van der Waals surface area contributed by atoms with Gasteiger partial charge in [0.05, 0.1) is 6.61 Å². The maximum Gasteiger partial charge on any atom is 0.122 e. The third-order valence-corrected chi connectivity index (χ3v) is 3.59. The molecule has 1 aliphatic rings. The summed E-state index contributed by atoms with van der Waals surface area (Å²) in [5.74, 6) is 2.33. The fraction of sp³-hybridized carbons (Fsp3) is 0.600. The molecule has 1 aromatic rings. The predicted octanol–water partition coefficient (Wildman–Crippen LogP) is 4.71. The Kier molecular flexibility index (Phi) is 7.14. The van der Waals surface area contributed by atoms with Crippen molar-refractivity contribution in [2.75, 3.05) is 19.7 Å². The van der Waals surface area contributed by atoms with Crippen molar-refractivity contribution in [1.82, 2.24) is 5.32 Å². The van der Waals surface area contributed by atoms with Crippen LogP contribution in [0, 0.1) is 19.8 Å². The second-order valence-corrected chi connectivity index (χ2v) is 6.91. The van der Waals surface area contributed by atoms with E-state index in [0.29, 0.717) is 5.92 Å². The Balaban J connectivity index is 0.00000127. The number of hydrogen-bond acceptors (Lipinski definition) is 3. The first-order chi connectivity index (χ1) is 10.8. The van der Waals surface area contributed by atoms with Crippen LogP contribution in [0.3, 0.4) is 0 Å². The lowest BCUT2D eigenvalue weighted by Gasteiger charge is -2.27. The van der Waals surface area contributed by atoms with Gasteiger partial charge in [-0.15, -0.1) is 0 Å². The van der Waals surface area contributed by atoms with Gasteiger partial charge in [0.1, 0.15) is 17.1 Å². The number of nitrogens with one attached hydrogen (secondary N) is 1. The molecule has 0 bridgehead atoms. The fourth-order valence-corrected chi connectivity index (χ4v) is 2.34. The Hall–Kier alpha value is -1.48. The van der Waals surface area contributed by atoms with Gasteiger partial charge >= 0.3 is 0 Å². The lowest BCUT2D eigenvalue weighted by atomic mass is 10.0. The van der Waals surface area contributed by atoms with Crippen LogP contribution >= 0.6 is 0 Å². The maximum absolute atomic E-state index is 5.95. The van der Waals surface area contributed by atoms with Crippen molar-refractivity contribution in [3.63, 3.8) is 0 Å². The van der Waals surface area contributed by atoms with Crippen LogP contribution in [0.4, 0.5) is 0 Å². The molecule has 0 spiro atoms. The highest BCUT2D eigenvalue weighted by molar-refractivity contribution is 5.63. The first kappa shape index (κ1) is 19.6. The Bertz CT molecular complexity index is 525. The summed E-state index contributed by atoms with van der Waals surface area (Å²) in [4.78, 5) is 0. The summed E-state index contributed by atoms with van der Waals surface area (Å²) in [6.45, 7) is 21.2. The van der Waals surface area contributed by atoms with E-state index in [2.05, 4.69) is 37.9 Å². The van der Waals surface area contributed by atoms with Crippen molar-refractivity contribution < 1.29 is 9.47 Å². The molecule has 0 aromatic heterocycles. The van der Waals surface area contributed by atoms with Crippen molar-refractivity contribution in [3.05, 3.63) is 35.4 Å². The zero-order valence-electron chi connectivity index (χ0n) is 15.9. The minimum atomic E-state index is -0.232. The molecule has 1 fully saturated rings. The van der Waals surface area contributed by atoms with E-state index < -0.39 is 0 Å². The minimum absolute atomic E-state index is 0.232. The van der Waals surface area contributed by atoms with Crippen LogP contribution in [-0.2, 0) is 4.74 Å². The van der Waals surface area contributed by atoms with Gasteiger partial charge in [-0.05, 0) is 57.9 Å². The maximum atomic E-state index is 5.95. The van der Waals surface area contributed by atoms with E-state index in [9.17, 15) is 0 Å². The molecular weight excluding hydrogens is 286 g/mol. The highest BCUT2D eigenvalue weighted by Gasteiger charge is 2.19. The highest BCUT2D eigenvalue weighted by Crippen LogP contribution is 2.29. The molecule has 1 aromatic carbocycles. The third kappa shape index (κ3) is 5.91. The molecule has 0 atom stereocenters. The molecule has 0 radical (unpaired) electrons. The van der Waals surface area contributed by atoms with Gasteiger partial charge in [0, 0.05) is 24.6 Å². The first-order valence-corrected chi connectivity index (χ1v) is 8.59. The highest BCUT2D eigenvalue weighted by atomic mass is 16.5. The number of benzene rings is 1. The van der Waals surface area contributed by atoms with Crippen LogP contribution < -0.4 is 10.1 Å². The molecule has 1 aliphatic heterocycles. The summed E-state index contributed by atoms with van der Waals surface area (Å²) in [5.41, 5.74) is 3.09. The Morgan fingerprint density at radius 2 is 1.78 bits per heavy atom. The average Bonchev–Trinajstić information content (AvgIpc) is 2.40. The number of rotatable bonds is 5. The molecule has 0 unspecified atom stereocenters. The van der Waals surface area contributed by atoms with E-state index in [1.54, 1.807) is 0 Å². The van der Waals surface area contributed by atoms with Crippen molar-refractivity contribution in [3.8, 4) is 5.75 Å². The molecule has 3 heteroatoms. The molecule has 1 heterocycles. The lowest BCUT2D eigenvalue weighted by Crippen LogP contribution is -2.45. The topological polar surface area (TPSA) is 30.5 Å². The van der Waals surface area contributed by atoms with E-state index in [-0.39, 0.29) is 5.60 Å². The predicted molar refractivity (Wildman–Crippen MR) is 99.0 cm³/mol. The molecule has 0 amide bonds. The van der Waals surface area contributed by atoms with Gasteiger partial charge in [-0.1, -0.05) is 20.4 Å². The van der Waals surface area contributed by atoms with Crippen LogP contribution in [0.15, 0.2) is 18.7 Å². The summed E-state index contributed by atoms with van der Waals surface area (Å²) in [7, 11) is 0. The average molecular weight is 319 g/mol. The molecule has 0 saturated carbocycles. The van der Waals surface area contributed by atoms with Gasteiger partial charge in [-0.2, -0.15) is 0 Å². The SMILES string of the molecule is C=C(OC(C)(C)C)c1cc(C)c(OCC2CNC2)cc1C.CC. The molecule has 1 N–H and O–H groups in total. The lowest BCUT2D eigenvalue weighted by molar-refractivity contribution is 0.0975. The largest absolute Gasteiger partial charge is 0.493 e. The molecule has 0 aliphatic carbocycles. The van der Waals surface area contributed by atoms with E-state index >= 15 is 0 Å². The molecule has 1 saturated heterocycles. The minimum Gasteiger partial charge on any atom is -0.493 e. The summed E-state index contributed by atoms with van der Waals surface area (Å²) in [5, 5.41) is 3.26. The summed E-state index contributed by atoms with van der Waals surface area (Å²) < 4.78 is 11.8. The van der Waals surface area contributed by atoms with Crippen LogP contribution in [0.5, 0.6) is 5.75 Å². The Morgan fingerprint density at radius 1 is 1.17 bits per heavy atom. The van der Waals surface area contributed by atoms with Crippen LogP contribution in [0.25, 0.3) is 5.76 Å². The van der Waals surface area contributed by atoms with Crippen LogP contribution in [-0.4, -0.2) is 25.3 Å². The van der Waals surface area contributed by atoms with Gasteiger partial charge < -0.3 is 14.8 Å². The summed E-state index contributed by atoms with van der Waals surface area (Å²) >= 11 is 0. The quantitative estimate of drug-likeness (QED) is 0.797. The molecule has 130 valence electrons. The Morgan fingerprint density at radius 3 is 2.26 bits per heavy atom. The monoisotopic (exact) mass is 319 g/mol. The smallest absolute Gasteiger partial charge is 0.122 e. The molecular formula is C20H33NO2. The van der Waals surface area contributed by atoms with Gasteiger partial charge in [0.2, 0.25) is 0 Å². The Labute approximate surface area is 142 Å². The third-order valence-electron chi connectivity index (χ3n) is 3.59. The standard InChI is InChI=1S/C18H27NO2.C2H6/c1-12-8-17(20-11-15-9-19-10-15)13(2)7-16(12)14(3)21-18(4,5)6;1-2/h7-8,15,19H,3,9-11H2,1-2,4-6H3;1-2H3. The van der Waals surface area contributed by atoms with Gasteiger partial charge in [-0.3, -0.25) is 0 Å². The van der Waals surface area contributed by atoms with Gasteiger partial charge in [0.25, 0.3) is 0 Å². The summed E-state index contributed by atoms with van der Waals surface area (Å²) in [6, 6.07) is 4.20. The zero-order valence-corrected chi connectivity index (χ0v) is 15.9. The van der Waals surface area contributed by atoms with Crippen molar-refractivity contribution >= 4 is 5.76 Å². The van der Waals surface area contributed by atoms with Crippen molar-refractivity contribution in [1.29, 1.82) is 0 Å². The van der Waals surface area contributed by atoms with E-state index in [1.165, 1.54) is 0 Å².